The third-order valence-electron chi connectivity index (χ3n) is 5.41. The van der Waals surface area contributed by atoms with Gasteiger partial charge in [0.2, 0.25) is 5.90 Å². The number of benzene rings is 2. The van der Waals surface area contributed by atoms with E-state index in [-0.39, 0.29) is 12.1 Å². The number of ether oxygens (including phenoxy) is 2. The van der Waals surface area contributed by atoms with Crippen molar-refractivity contribution in [2.24, 2.45) is 4.99 Å². The molecule has 1 N–H and O–H groups in total. The highest BCUT2D eigenvalue weighted by Gasteiger charge is 2.56. The van der Waals surface area contributed by atoms with Crippen molar-refractivity contribution in [3.05, 3.63) is 71.8 Å². The van der Waals surface area contributed by atoms with Crippen LogP contribution in [0.15, 0.2) is 65.7 Å². The number of hydrogen-bond donors (Lipinski definition) is 1. The predicted octanol–water partition coefficient (Wildman–Crippen LogP) is 4.22. The van der Waals surface area contributed by atoms with Crippen molar-refractivity contribution >= 4 is 5.90 Å². The van der Waals surface area contributed by atoms with Crippen LogP contribution in [-0.4, -0.2) is 28.8 Å². The van der Waals surface area contributed by atoms with Gasteiger partial charge in [0, 0.05) is 6.61 Å². The Morgan fingerprint density at radius 3 is 2.15 bits per heavy atom. The summed E-state index contributed by atoms with van der Waals surface area (Å²) in [5.41, 5.74) is 0.211. The minimum absolute atomic E-state index is 0.156. The Labute approximate surface area is 154 Å². The fourth-order valence-electron chi connectivity index (χ4n) is 3.95. The maximum atomic E-state index is 10.9. The van der Waals surface area contributed by atoms with Crippen LogP contribution >= 0.6 is 0 Å². The van der Waals surface area contributed by atoms with Crippen LogP contribution in [0.3, 0.4) is 0 Å². The second kappa shape index (κ2) is 6.53. The molecule has 0 spiro atoms. The summed E-state index contributed by atoms with van der Waals surface area (Å²) in [4.78, 5) is 4.95. The van der Waals surface area contributed by atoms with Gasteiger partial charge in [-0.1, -0.05) is 60.7 Å². The van der Waals surface area contributed by atoms with E-state index in [2.05, 4.69) is 24.3 Å². The molecule has 0 saturated carbocycles. The minimum Gasteiger partial charge on any atom is -0.468 e. The number of rotatable bonds is 4. The number of hydrogen-bond acceptors (Lipinski definition) is 4. The van der Waals surface area contributed by atoms with Crippen molar-refractivity contribution in [1.29, 1.82) is 0 Å². The fourth-order valence-corrected chi connectivity index (χ4v) is 3.95. The van der Waals surface area contributed by atoms with Crippen LogP contribution in [0.25, 0.3) is 0 Å². The van der Waals surface area contributed by atoms with Crippen molar-refractivity contribution in [3.8, 4) is 0 Å². The molecule has 2 heterocycles. The monoisotopic (exact) mass is 351 g/mol. The topological polar surface area (TPSA) is 51.1 Å². The van der Waals surface area contributed by atoms with Gasteiger partial charge in [-0.25, -0.2) is 4.99 Å². The Kier molecular flexibility index (Phi) is 4.33. The van der Waals surface area contributed by atoms with Crippen molar-refractivity contribution in [2.75, 3.05) is 6.61 Å². The van der Waals surface area contributed by atoms with E-state index in [0.29, 0.717) is 18.9 Å². The average molecular weight is 351 g/mol. The zero-order valence-electron chi connectivity index (χ0n) is 15.3. The van der Waals surface area contributed by atoms with E-state index in [1.165, 1.54) is 0 Å². The molecule has 1 fully saturated rings. The second-order valence-corrected chi connectivity index (χ2v) is 7.58. The Balaban J connectivity index is 1.77. The van der Waals surface area contributed by atoms with Gasteiger partial charge in [-0.2, -0.15) is 0 Å². The highest BCUT2D eigenvalue weighted by atomic mass is 16.6. The number of aliphatic imine (C=N–C) groups is 1. The normalized spacial score (nSPS) is 28.7. The van der Waals surface area contributed by atoms with Crippen LogP contribution in [0.4, 0.5) is 0 Å². The Morgan fingerprint density at radius 1 is 1.00 bits per heavy atom. The van der Waals surface area contributed by atoms with E-state index in [9.17, 15) is 5.11 Å². The lowest BCUT2D eigenvalue weighted by Crippen LogP contribution is -2.55. The summed E-state index contributed by atoms with van der Waals surface area (Å²) in [5.74, 6) is 0.519. The zero-order valence-corrected chi connectivity index (χ0v) is 15.3. The first-order valence-electron chi connectivity index (χ1n) is 9.22. The molecule has 0 radical (unpaired) electrons. The first-order valence-corrected chi connectivity index (χ1v) is 9.22. The molecule has 2 aliphatic heterocycles. The highest BCUT2D eigenvalue weighted by molar-refractivity contribution is 5.89. The van der Waals surface area contributed by atoms with Gasteiger partial charge < -0.3 is 14.6 Å². The molecule has 2 aromatic carbocycles. The van der Waals surface area contributed by atoms with Crippen LogP contribution in [0, 0.1) is 0 Å². The minimum atomic E-state index is -1.07. The molecule has 0 bridgehead atoms. The predicted molar refractivity (Wildman–Crippen MR) is 101 cm³/mol. The van der Waals surface area contributed by atoms with E-state index in [1.54, 1.807) is 13.8 Å². The largest absolute Gasteiger partial charge is 0.468 e. The quantitative estimate of drug-likeness (QED) is 0.897. The van der Waals surface area contributed by atoms with Crippen LogP contribution in [0.1, 0.15) is 50.0 Å². The van der Waals surface area contributed by atoms with Crippen molar-refractivity contribution in [1.82, 2.24) is 0 Å². The summed E-state index contributed by atoms with van der Waals surface area (Å²) in [6.07, 6.45) is 1.37. The van der Waals surface area contributed by atoms with E-state index < -0.39 is 11.2 Å². The lowest BCUT2D eigenvalue weighted by Gasteiger charge is -2.38. The van der Waals surface area contributed by atoms with Crippen LogP contribution in [0.2, 0.25) is 0 Å². The molecule has 136 valence electrons. The van der Waals surface area contributed by atoms with E-state index in [4.69, 9.17) is 14.5 Å². The summed E-state index contributed by atoms with van der Waals surface area (Å²) in [6, 6.07) is 20.2. The summed E-state index contributed by atoms with van der Waals surface area (Å²) in [7, 11) is 0. The molecule has 4 heteroatoms. The lowest BCUT2D eigenvalue weighted by molar-refractivity contribution is -0.109. The van der Waals surface area contributed by atoms with Crippen LogP contribution in [0.5, 0.6) is 0 Å². The summed E-state index contributed by atoms with van der Waals surface area (Å²) < 4.78 is 12.4. The number of nitrogens with zero attached hydrogens (tertiary/aromatic N) is 1. The maximum absolute atomic E-state index is 10.9. The van der Waals surface area contributed by atoms with Gasteiger partial charge >= 0.3 is 0 Å². The van der Waals surface area contributed by atoms with Gasteiger partial charge in [0.25, 0.3) is 0 Å². The molecule has 1 saturated heterocycles. The van der Waals surface area contributed by atoms with Crippen molar-refractivity contribution < 1.29 is 14.6 Å². The van der Waals surface area contributed by atoms with Gasteiger partial charge in [0.05, 0.1) is 5.60 Å². The van der Waals surface area contributed by atoms with Gasteiger partial charge in [-0.3, -0.25) is 0 Å². The Bertz CT molecular complexity index is 774. The van der Waals surface area contributed by atoms with Crippen molar-refractivity contribution in [3.63, 3.8) is 0 Å². The zero-order chi connectivity index (χ0) is 18.2. The fraction of sp³-hybridized carbons (Fsp3) is 0.409. The molecule has 2 aliphatic rings. The summed E-state index contributed by atoms with van der Waals surface area (Å²) >= 11 is 0. The molecule has 3 atom stereocenters. The van der Waals surface area contributed by atoms with E-state index >= 15 is 0 Å². The van der Waals surface area contributed by atoms with Gasteiger partial charge in [0.15, 0.2) is 11.7 Å². The highest BCUT2D eigenvalue weighted by Crippen LogP contribution is 2.47. The van der Waals surface area contributed by atoms with E-state index in [1.807, 2.05) is 36.4 Å². The SMILES string of the molecule is CC(C)(O)C1(C2=N[C@H](c3ccccc3)[C@@H](c3ccccc3)O2)CCCO1. The van der Waals surface area contributed by atoms with Gasteiger partial charge in [-0.15, -0.1) is 0 Å². The molecular formula is C22H25NO3. The Morgan fingerprint density at radius 2 is 1.62 bits per heavy atom. The average Bonchev–Trinajstić information content (AvgIpc) is 3.31. The third kappa shape index (κ3) is 2.83. The molecule has 26 heavy (non-hydrogen) atoms. The standard InChI is InChI=1S/C22H25NO3/c1-21(2,24)22(14-9-15-25-22)20-23-18(16-10-5-3-6-11-16)19(26-20)17-12-7-4-8-13-17/h3-8,10-13,18-19,24H,9,14-15H2,1-2H3/t18-,19-,22?/m1/s1. The number of aliphatic hydroxyl groups is 1. The molecule has 4 rings (SSSR count). The van der Waals surface area contributed by atoms with Gasteiger partial charge in [0.1, 0.15) is 6.04 Å². The molecule has 0 aliphatic carbocycles. The lowest BCUT2D eigenvalue weighted by atomic mass is 9.83. The molecule has 4 nitrogen and oxygen atoms in total. The third-order valence-corrected chi connectivity index (χ3v) is 5.41. The summed E-state index contributed by atoms with van der Waals surface area (Å²) in [5, 5.41) is 10.9. The molecule has 0 amide bonds. The second-order valence-electron chi connectivity index (χ2n) is 7.58. The molecule has 0 aromatic heterocycles. The van der Waals surface area contributed by atoms with Gasteiger partial charge in [-0.05, 0) is 37.8 Å². The summed E-state index contributed by atoms with van der Waals surface area (Å²) in [6.45, 7) is 4.16. The van der Waals surface area contributed by atoms with E-state index in [0.717, 1.165) is 17.5 Å². The van der Waals surface area contributed by atoms with Crippen molar-refractivity contribution in [2.45, 2.75) is 50.0 Å². The maximum Gasteiger partial charge on any atom is 0.221 e. The molecular weight excluding hydrogens is 326 g/mol. The molecule has 1 unspecified atom stereocenters. The first-order chi connectivity index (χ1) is 12.5. The van der Waals surface area contributed by atoms with Crippen LogP contribution < -0.4 is 0 Å². The smallest absolute Gasteiger partial charge is 0.221 e. The Hall–Kier alpha value is -2.17. The van der Waals surface area contributed by atoms with Crippen LogP contribution in [-0.2, 0) is 9.47 Å². The first kappa shape index (κ1) is 17.3. The molecule has 2 aromatic rings.